The largest absolute Gasteiger partial charge is 0.497 e. The van der Waals surface area contributed by atoms with Gasteiger partial charge >= 0.3 is 5.97 Å². The summed E-state index contributed by atoms with van der Waals surface area (Å²) in [6, 6.07) is 6.29. The molecule has 1 aromatic rings. The first-order chi connectivity index (χ1) is 11.1. The highest BCUT2D eigenvalue weighted by atomic mass is 16.5. The maximum absolute atomic E-state index is 11.7. The molecule has 1 aromatic carbocycles. The summed E-state index contributed by atoms with van der Waals surface area (Å²) in [6.45, 7) is 10.1. The topological polar surface area (TPSA) is 35.5 Å². The monoisotopic (exact) mass is 314 g/mol. The first kappa shape index (κ1) is 17.3. The number of benzene rings is 1. The highest BCUT2D eigenvalue weighted by Gasteiger charge is 2.28. The fourth-order valence-corrected chi connectivity index (χ4v) is 3.36. The van der Waals surface area contributed by atoms with Crippen molar-refractivity contribution in [2.75, 3.05) is 13.7 Å². The molecule has 124 valence electrons. The molecule has 0 aliphatic heterocycles. The number of carbonyl (C=O) groups excluding carboxylic acids is 1. The van der Waals surface area contributed by atoms with Crippen molar-refractivity contribution in [2.45, 2.75) is 38.5 Å². The van der Waals surface area contributed by atoms with Crippen molar-refractivity contribution < 1.29 is 14.3 Å². The lowest BCUT2D eigenvalue weighted by Crippen LogP contribution is -2.20. The minimum atomic E-state index is -0.284. The van der Waals surface area contributed by atoms with E-state index in [1.165, 1.54) is 11.1 Å². The van der Waals surface area contributed by atoms with Crippen molar-refractivity contribution >= 4 is 5.97 Å². The Balaban J connectivity index is 2.14. The van der Waals surface area contributed by atoms with Crippen molar-refractivity contribution in [1.29, 1.82) is 0 Å². The van der Waals surface area contributed by atoms with Crippen LogP contribution in [0.5, 0.6) is 5.75 Å². The van der Waals surface area contributed by atoms with Gasteiger partial charge < -0.3 is 9.47 Å². The summed E-state index contributed by atoms with van der Waals surface area (Å²) >= 11 is 0. The molecule has 2 rings (SSSR count). The van der Waals surface area contributed by atoms with Gasteiger partial charge in [0.2, 0.25) is 0 Å². The Morgan fingerprint density at radius 2 is 2.22 bits per heavy atom. The number of ether oxygens (including phenoxy) is 2. The Bertz CT molecular complexity index is 589. The van der Waals surface area contributed by atoms with E-state index < -0.39 is 0 Å². The van der Waals surface area contributed by atoms with Gasteiger partial charge in [0.25, 0.3) is 0 Å². The van der Waals surface area contributed by atoms with E-state index in [1.54, 1.807) is 7.11 Å². The van der Waals surface area contributed by atoms with Gasteiger partial charge in [0, 0.05) is 5.57 Å². The van der Waals surface area contributed by atoms with Crippen LogP contribution in [0, 0.1) is 5.92 Å². The van der Waals surface area contributed by atoms with E-state index in [0.29, 0.717) is 30.4 Å². The van der Waals surface area contributed by atoms with E-state index >= 15 is 0 Å². The van der Waals surface area contributed by atoms with Crippen LogP contribution in [0.3, 0.4) is 0 Å². The minimum Gasteiger partial charge on any atom is -0.497 e. The van der Waals surface area contributed by atoms with Crippen LogP contribution >= 0.6 is 0 Å². The van der Waals surface area contributed by atoms with Gasteiger partial charge in [-0.3, -0.25) is 0 Å². The molecule has 0 aromatic heterocycles. The quantitative estimate of drug-likeness (QED) is 0.424. The highest BCUT2D eigenvalue weighted by Crippen LogP contribution is 2.41. The third kappa shape index (κ3) is 4.04. The van der Waals surface area contributed by atoms with Gasteiger partial charge in [-0.15, -0.1) is 6.58 Å². The van der Waals surface area contributed by atoms with E-state index in [9.17, 15) is 4.79 Å². The maximum atomic E-state index is 11.7. The number of allylic oxidation sites excluding steroid dienone is 1. The van der Waals surface area contributed by atoms with Crippen LogP contribution < -0.4 is 4.74 Å². The summed E-state index contributed by atoms with van der Waals surface area (Å²) in [5, 5.41) is 0. The zero-order valence-electron chi connectivity index (χ0n) is 14.1. The Morgan fingerprint density at radius 1 is 1.43 bits per heavy atom. The second-order valence-electron chi connectivity index (χ2n) is 5.97. The summed E-state index contributed by atoms with van der Waals surface area (Å²) in [4.78, 5) is 11.7. The molecular weight excluding hydrogens is 288 g/mol. The van der Waals surface area contributed by atoms with Crippen molar-refractivity contribution in [3.05, 3.63) is 54.1 Å². The minimum absolute atomic E-state index is 0.284. The molecular formula is C20H26O3. The molecule has 0 unspecified atom stereocenters. The molecule has 0 N–H and O–H groups in total. The van der Waals surface area contributed by atoms with Crippen LogP contribution in [0.25, 0.3) is 0 Å². The number of methoxy groups -OCH3 is 1. The van der Waals surface area contributed by atoms with Gasteiger partial charge in [0.05, 0.1) is 13.7 Å². The van der Waals surface area contributed by atoms with E-state index in [4.69, 9.17) is 9.47 Å². The standard InChI is InChI=1S/C20H26O3/c1-5-15-8-9-16-13-17(22-4)10-12-19(16)18(15)11-7-14(3)20(21)23-6-2/h5,10,12-13,15,18H,1,3,6-9,11H2,2,4H3/t15-,18+/m1/s1. The maximum Gasteiger partial charge on any atom is 0.333 e. The Labute approximate surface area is 139 Å². The molecule has 3 nitrogen and oxygen atoms in total. The summed E-state index contributed by atoms with van der Waals surface area (Å²) in [6.07, 6.45) is 5.71. The fourth-order valence-electron chi connectivity index (χ4n) is 3.36. The number of esters is 1. The highest BCUT2D eigenvalue weighted by molar-refractivity contribution is 5.87. The third-order valence-corrected chi connectivity index (χ3v) is 4.64. The van der Waals surface area contributed by atoms with Gasteiger partial charge in [-0.25, -0.2) is 4.79 Å². The number of carbonyl (C=O) groups is 1. The van der Waals surface area contributed by atoms with Crippen LogP contribution in [-0.4, -0.2) is 19.7 Å². The number of hydrogen-bond acceptors (Lipinski definition) is 3. The van der Waals surface area contributed by atoms with Crippen LogP contribution in [0.1, 0.15) is 43.2 Å². The lowest BCUT2D eigenvalue weighted by atomic mass is 9.73. The Hall–Kier alpha value is -2.03. The van der Waals surface area contributed by atoms with Crippen LogP contribution in [-0.2, 0) is 16.0 Å². The van der Waals surface area contributed by atoms with Crippen molar-refractivity contribution in [1.82, 2.24) is 0 Å². The zero-order chi connectivity index (χ0) is 16.8. The zero-order valence-corrected chi connectivity index (χ0v) is 14.1. The van der Waals surface area contributed by atoms with E-state index in [0.717, 1.165) is 25.0 Å². The molecule has 0 bridgehead atoms. The lowest BCUT2D eigenvalue weighted by molar-refractivity contribution is -0.138. The molecule has 1 aliphatic rings. The van der Waals surface area contributed by atoms with Crippen molar-refractivity contribution in [2.24, 2.45) is 5.92 Å². The number of rotatable bonds is 7. The van der Waals surface area contributed by atoms with E-state index in [1.807, 2.05) is 19.1 Å². The van der Waals surface area contributed by atoms with Gasteiger partial charge in [0.15, 0.2) is 0 Å². The van der Waals surface area contributed by atoms with Crippen LogP contribution in [0.4, 0.5) is 0 Å². The molecule has 0 amide bonds. The molecule has 0 spiro atoms. The van der Waals surface area contributed by atoms with E-state index in [2.05, 4.69) is 25.3 Å². The van der Waals surface area contributed by atoms with Crippen molar-refractivity contribution in [3.8, 4) is 5.75 Å². The molecule has 0 heterocycles. The summed E-state index contributed by atoms with van der Waals surface area (Å²) in [7, 11) is 1.69. The third-order valence-electron chi connectivity index (χ3n) is 4.64. The second kappa shape index (κ2) is 8.00. The lowest BCUT2D eigenvalue weighted by Gasteiger charge is -2.32. The molecule has 0 radical (unpaired) electrons. The predicted octanol–water partition coefficient (Wildman–Crippen LogP) is 4.43. The van der Waals surface area contributed by atoms with Gasteiger partial charge in [-0.05, 0) is 67.7 Å². The smallest absolute Gasteiger partial charge is 0.333 e. The summed E-state index contributed by atoms with van der Waals surface area (Å²) in [5.41, 5.74) is 3.24. The first-order valence-corrected chi connectivity index (χ1v) is 8.25. The Kier molecular flexibility index (Phi) is 6.03. The normalized spacial score (nSPS) is 19.6. The van der Waals surface area contributed by atoms with Crippen molar-refractivity contribution in [3.63, 3.8) is 0 Å². The SMILES string of the molecule is C=C[C@@H]1CCc2cc(OC)ccc2[C@H]1CCC(=C)C(=O)OCC. The summed E-state index contributed by atoms with van der Waals surface area (Å²) in [5.74, 6) is 1.42. The van der Waals surface area contributed by atoms with Gasteiger partial charge in [-0.2, -0.15) is 0 Å². The van der Waals surface area contributed by atoms with Crippen LogP contribution in [0.15, 0.2) is 43.0 Å². The van der Waals surface area contributed by atoms with E-state index in [-0.39, 0.29) is 5.97 Å². The Morgan fingerprint density at radius 3 is 2.87 bits per heavy atom. The van der Waals surface area contributed by atoms with Gasteiger partial charge in [-0.1, -0.05) is 18.7 Å². The number of aryl methyl sites for hydroxylation is 1. The predicted molar refractivity (Wildman–Crippen MR) is 92.8 cm³/mol. The number of fused-ring (bicyclic) bond motifs is 1. The average molecular weight is 314 g/mol. The molecule has 2 atom stereocenters. The first-order valence-electron chi connectivity index (χ1n) is 8.25. The molecule has 0 fully saturated rings. The molecule has 3 heteroatoms. The summed E-state index contributed by atoms with van der Waals surface area (Å²) < 4.78 is 10.4. The molecule has 23 heavy (non-hydrogen) atoms. The fraction of sp³-hybridized carbons (Fsp3) is 0.450. The molecule has 1 aliphatic carbocycles. The average Bonchev–Trinajstić information content (AvgIpc) is 2.58. The molecule has 0 saturated heterocycles. The molecule has 0 saturated carbocycles. The van der Waals surface area contributed by atoms with Gasteiger partial charge in [0.1, 0.15) is 5.75 Å². The van der Waals surface area contributed by atoms with Crippen LogP contribution in [0.2, 0.25) is 0 Å². The number of hydrogen-bond donors (Lipinski definition) is 0. The second-order valence-corrected chi connectivity index (χ2v) is 5.97.